The van der Waals surface area contributed by atoms with Crippen LogP contribution in [-0.2, 0) is 14.9 Å². The second kappa shape index (κ2) is 18.2. The second-order valence-corrected chi connectivity index (χ2v) is 8.86. The molecule has 158 valence electrons. The highest BCUT2D eigenvalue weighted by Gasteiger charge is 2.22. The van der Waals surface area contributed by atoms with Crippen LogP contribution >= 0.6 is 0 Å². The van der Waals surface area contributed by atoms with E-state index in [-0.39, 0.29) is 6.61 Å². The van der Waals surface area contributed by atoms with E-state index in [4.69, 9.17) is 14.4 Å². The van der Waals surface area contributed by atoms with E-state index in [9.17, 15) is 8.42 Å². The molecular weight excluding hydrogens is 352 g/mol. The van der Waals surface area contributed by atoms with Crippen molar-refractivity contribution in [1.82, 2.24) is 0 Å². The van der Waals surface area contributed by atoms with Crippen LogP contribution in [0, 0.1) is 0 Å². The highest BCUT2D eigenvalue weighted by Crippen LogP contribution is 2.14. The first-order chi connectivity index (χ1) is 12.5. The monoisotopic (exact) mass is 394 g/mol. The minimum atomic E-state index is -4.31. The van der Waals surface area contributed by atoms with Crippen LogP contribution in [0.2, 0.25) is 0 Å². The predicted molar refractivity (Wildman–Crippen MR) is 108 cm³/mol. The number of hydrogen-bond donors (Lipinski definition) is 2. The Morgan fingerprint density at radius 3 is 1.35 bits per heavy atom. The van der Waals surface area contributed by atoms with Crippen molar-refractivity contribution in [3.05, 3.63) is 0 Å². The van der Waals surface area contributed by atoms with Crippen LogP contribution in [0.15, 0.2) is 0 Å². The van der Waals surface area contributed by atoms with Crippen molar-refractivity contribution in [3.8, 4) is 0 Å². The van der Waals surface area contributed by atoms with E-state index >= 15 is 0 Å². The number of aliphatic hydroxyl groups is 1. The van der Waals surface area contributed by atoms with Crippen molar-refractivity contribution in [2.24, 2.45) is 0 Å². The molecule has 5 nitrogen and oxygen atoms in total. The smallest absolute Gasteiger partial charge is 0.294 e. The van der Waals surface area contributed by atoms with Gasteiger partial charge in [0.15, 0.2) is 0 Å². The Labute approximate surface area is 161 Å². The summed E-state index contributed by atoms with van der Waals surface area (Å²) in [7, 11) is -4.31. The fourth-order valence-corrected chi connectivity index (χ4v) is 3.55. The molecule has 0 amide bonds. The number of ether oxygens (including phenoxy) is 1. The third-order valence-corrected chi connectivity index (χ3v) is 5.73. The molecule has 2 N–H and O–H groups in total. The van der Waals surface area contributed by atoms with Crippen molar-refractivity contribution in [2.45, 2.75) is 115 Å². The molecule has 1 atom stereocenters. The standard InChI is InChI=1S/C20H42O5S/c1-2-3-4-5-6-7-8-9-10-11-12-13-14-15-16-17-18-25-20(19-21)26(22,23)24/h20-21H,2-19H2,1H3,(H,22,23,24). The lowest BCUT2D eigenvalue weighted by Gasteiger charge is -2.11. The first-order valence-electron chi connectivity index (χ1n) is 10.7. The molecule has 0 spiro atoms. The van der Waals surface area contributed by atoms with E-state index in [1.165, 1.54) is 83.5 Å². The zero-order chi connectivity index (χ0) is 19.5. The summed E-state index contributed by atoms with van der Waals surface area (Å²) < 4.78 is 35.5. The minimum absolute atomic E-state index is 0.253. The summed E-state index contributed by atoms with van der Waals surface area (Å²) in [6.45, 7) is 1.80. The average Bonchev–Trinajstić information content (AvgIpc) is 2.59. The van der Waals surface area contributed by atoms with Gasteiger partial charge in [-0.15, -0.1) is 0 Å². The maximum atomic E-state index is 10.8. The summed E-state index contributed by atoms with van der Waals surface area (Å²) in [4.78, 5) is 0. The van der Waals surface area contributed by atoms with Gasteiger partial charge in [-0.1, -0.05) is 103 Å². The maximum Gasteiger partial charge on any atom is 0.294 e. The lowest BCUT2D eigenvalue weighted by molar-refractivity contribution is 0.0547. The third-order valence-electron chi connectivity index (χ3n) is 4.78. The van der Waals surface area contributed by atoms with Crippen LogP contribution in [0.3, 0.4) is 0 Å². The molecule has 0 aliphatic heterocycles. The summed E-state index contributed by atoms with van der Waals surface area (Å²) in [5, 5.41) is 8.83. The van der Waals surface area contributed by atoms with Gasteiger partial charge in [0.1, 0.15) is 0 Å². The van der Waals surface area contributed by atoms with Gasteiger partial charge in [0, 0.05) is 6.61 Å². The average molecular weight is 395 g/mol. The molecule has 26 heavy (non-hydrogen) atoms. The van der Waals surface area contributed by atoms with Gasteiger partial charge in [0.05, 0.1) is 6.61 Å². The summed E-state index contributed by atoms with van der Waals surface area (Å²) in [6, 6.07) is 0. The molecule has 0 saturated heterocycles. The summed E-state index contributed by atoms with van der Waals surface area (Å²) >= 11 is 0. The summed E-state index contributed by atoms with van der Waals surface area (Å²) in [5.41, 5.74) is -1.50. The Hall–Kier alpha value is -0.170. The molecule has 0 rings (SSSR count). The Bertz CT molecular complexity index is 384. The van der Waals surface area contributed by atoms with Crippen LogP contribution in [0.4, 0.5) is 0 Å². The molecule has 0 fully saturated rings. The second-order valence-electron chi connectivity index (χ2n) is 7.30. The van der Waals surface area contributed by atoms with E-state index in [2.05, 4.69) is 6.92 Å². The highest BCUT2D eigenvalue weighted by molar-refractivity contribution is 7.86. The Morgan fingerprint density at radius 2 is 1.04 bits per heavy atom. The molecule has 0 aliphatic carbocycles. The van der Waals surface area contributed by atoms with Crippen molar-refractivity contribution in [2.75, 3.05) is 13.2 Å². The van der Waals surface area contributed by atoms with Gasteiger partial charge in [-0.25, -0.2) is 0 Å². The maximum absolute atomic E-state index is 10.8. The van der Waals surface area contributed by atoms with Gasteiger partial charge >= 0.3 is 0 Å². The Kier molecular flexibility index (Phi) is 18.1. The Balaban J connectivity index is 3.20. The molecule has 6 heteroatoms. The molecule has 0 radical (unpaired) electrons. The van der Waals surface area contributed by atoms with Gasteiger partial charge in [0.25, 0.3) is 10.1 Å². The number of aliphatic hydroxyl groups excluding tert-OH is 1. The zero-order valence-electron chi connectivity index (χ0n) is 16.8. The van der Waals surface area contributed by atoms with Crippen LogP contribution in [0.25, 0.3) is 0 Å². The number of unbranched alkanes of at least 4 members (excludes halogenated alkanes) is 15. The molecule has 0 aromatic carbocycles. The van der Waals surface area contributed by atoms with Gasteiger partial charge in [-0.3, -0.25) is 4.55 Å². The quantitative estimate of drug-likeness (QED) is 0.211. The van der Waals surface area contributed by atoms with E-state index in [1.807, 2.05) is 0 Å². The van der Waals surface area contributed by atoms with Crippen molar-refractivity contribution < 1.29 is 22.8 Å². The molecule has 0 saturated carbocycles. The van der Waals surface area contributed by atoms with E-state index in [0.717, 1.165) is 19.3 Å². The van der Waals surface area contributed by atoms with Crippen LogP contribution in [-0.4, -0.2) is 36.7 Å². The van der Waals surface area contributed by atoms with Gasteiger partial charge in [-0.2, -0.15) is 8.42 Å². The first-order valence-corrected chi connectivity index (χ1v) is 12.2. The molecule has 0 aliphatic rings. The van der Waals surface area contributed by atoms with E-state index in [1.54, 1.807) is 0 Å². The Morgan fingerprint density at radius 1 is 0.692 bits per heavy atom. The van der Waals surface area contributed by atoms with Gasteiger partial charge in [0.2, 0.25) is 5.44 Å². The SMILES string of the molecule is CCCCCCCCCCCCCCCCCCOC(CO)S(=O)(=O)O. The fraction of sp³-hybridized carbons (Fsp3) is 1.00. The summed E-state index contributed by atoms with van der Waals surface area (Å²) in [6.07, 6.45) is 20.5. The van der Waals surface area contributed by atoms with E-state index in [0.29, 0.717) is 0 Å². The van der Waals surface area contributed by atoms with Crippen LogP contribution in [0.1, 0.15) is 110 Å². The van der Waals surface area contributed by atoms with Gasteiger partial charge < -0.3 is 9.84 Å². The summed E-state index contributed by atoms with van der Waals surface area (Å²) in [5.74, 6) is 0. The topological polar surface area (TPSA) is 83.8 Å². The number of rotatable bonds is 20. The minimum Gasteiger partial charge on any atom is -0.392 e. The largest absolute Gasteiger partial charge is 0.392 e. The first kappa shape index (κ1) is 25.8. The molecular formula is C20H42O5S. The molecule has 1 unspecified atom stereocenters. The lowest BCUT2D eigenvalue weighted by atomic mass is 10.0. The normalized spacial score (nSPS) is 13.2. The van der Waals surface area contributed by atoms with Crippen molar-refractivity contribution in [3.63, 3.8) is 0 Å². The molecule has 0 bridgehead atoms. The lowest BCUT2D eigenvalue weighted by Crippen LogP contribution is -2.28. The van der Waals surface area contributed by atoms with Crippen LogP contribution in [0.5, 0.6) is 0 Å². The third kappa shape index (κ3) is 17.3. The van der Waals surface area contributed by atoms with Crippen LogP contribution < -0.4 is 0 Å². The van der Waals surface area contributed by atoms with E-state index < -0.39 is 22.2 Å². The molecule has 0 heterocycles. The highest BCUT2D eigenvalue weighted by atomic mass is 32.2. The predicted octanol–water partition coefficient (Wildman–Crippen LogP) is 5.47. The molecule has 0 aromatic heterocycles. The van der Waals surface area contributed by atoms with Crippen molar-refractivity contribution >= 4 is 10.1 Å². The number of hydrogen-bond acceptors (Lipinski definition) is 4. The fourth-order valence-electron chi connectivity index (χ4n) is 3.10. The zero-order valence-corrected chi connectivity index (χ0v) is 17.6. The van der Waals surface area contributed by atoms with Crippen molar-refractivity contribution in [1.29, 1.82) is 0 Å². The van der Waals surface area contributed by atoms with Gasteiger partial charge in [-0.05, 0) is 6.42 Å². The molecule has 0 aromatic rings.